The van der Waals surface area contributed by atoms with Gasteiger partial charge in [-0.3, -0.25) is 4.79 Å². The SMILES string of the molecule is COc1ccc(NC(=O)CC(C)C2CCCNC2)cc1S(=O)(=O)NC1CC1. The number of anilines is 1. The summed E-state index contributed by atoms with van der Waals surface area (Å²) in [4.78, 5) is 12.5. The largest absolute Gasteiger partial charge is 0.495 e. The Morgan fingerprint density at radius 1 is 1.33 bits per heavy atom. The van der Waals surface area contributed by atoms with E-state index in [0.29, 0.717) is 18.0 Å². The lowest BCUT2D eigenvalue weighted by molar-refractivity contribution is -0.117. The maximum atomic E-state index is 12.6. The van der Waals surface area contributed by atoms with E-state index in [1.54, 1.807) is 12.1 Å². The lowest BCUT2D eigenvalue weighted by atomic mass is 9.85. The van der Waals surface area contributed by atoms with Crippen LogP contribution in [-0.2, 0) is 14.8 Å². The highest BCUT2D eigenvalue weighted by molar-refractivity contribution is 7.89. The molecule has 150 valence electrons. The fraction of sp³-hybridized carbons (Fsp3) is 0.632. The van der Waals surface area contributed by atoms with Gasteiger partial charge in [0.2, 0.25) is 15.9 Å². The highest BCUT2D eigenvalue weighted by atomic mass is 32.2. The zero-order chi connectivity index (χ0) is 19.4. The van der Waals surface area contributed by atoms with Crippen molar-refractivity contribution in [3.8, 4) is 5.75 Å². The predicted octanol–water partition coefficient (Wildman–Crippen LogP) is 2.10. The molecule has 0 radical (unpaired) electrons. The first-order valence-electron chi connectivity index (χ1n) is 9.60. The number of piperidine rings is 1. The summed E-state index contributed by atoms with van der Waals surface area (Å²) in [6.45, 7) is 4.10. The van der Waals surface area contributed by atoms with Crippen LogP contribution in [0.2, 0.25) is 0 Å². The molecule has 1 heterocycles. The predicted molar refractivity (Wildman–Crippen MR) is 104 cm³/mol. The lowest BCUT2D eigenvalue weighted by Gasteiger charge is -2.28. The maximum absolute atomic E-state index is 12.6. The van der Waals surface area contributed by atoms with Crippen molar-refractivity contribution in [3.05, 3.63) is 18.2 Å². The standard InChI is InChI=1S/C19H29N3O4S/c1-13(14-4-3-9-20-12-14)10-19(23)21-16-7-8-17(26-2)18(11-16)27(24,25)22-15-5-6-15/h7-8,11,13-15,20,22H,3-6,9-10,12H2,1-2H3,(H,21,23). The quantitative estimate of drug-likeness (QED) is 0.626. The molecule has 1 aromatic carbocycles. The van der Waals surface area contributed by atoms with Gasteiger partial charge in [-0.05, 0) is 68.8 Å². The highest BCUT2D eigenvalue weighted by Gasteiger charge is 2.30. The van der Waals surface area contributed by atoms with E-state index in [4.69, 9.17) is 4.74 Å². The fourth-order valence-corrected chi connectivity index (χ4v) is 4.98. The summed E-state index contributed by atoms with van der Waals surface area (Å²) in [5.41, 5.74) is 0.464. The van der Waals surface area contributed by atoms with Crippen LogP contribution in [0.5, 0.6) is 5.75 Å². The summed E-state index contributed by atoms with van der Waals surface area (Å²) >= 11 is 0. The van der Waals surface area contributed by atoms with Gasteiger partial charge in [0, 0.05) is 18.2 Å². The minimum Gasteiger partial charge on any atom is -0.495 e. The van der Waals surface area contributed by atoms with Gasteiger partial charge in [-0.2, -0.15) is 0 Å². The molecule has 2 atom stereocenters. The Labute approximate surface area is 161 Å². The number of carbonyl (C=O) groups excluding carboxylic acids is 1. The lowest BCUT2D eigenvalue weighted by Crippen LogP contribution is -2.34. The first-order valence-corrected chi connectivity index (χ1v) is 11.1. The van der Waals surface area contributed by atoms with Crippen molar-refractivity contribution < 1.29 is 17.9 Å². The third-order valence-electron chi connectivity index (χ3n) is 5.28. The van der Waals surface area contributed by atoms with Gasteiger partial charge in [0.25, 0.3) is 0 Å². The van der Waals surface area contributed by atoms with Crippen LogP contribution in [0.3, 0.4) is 0 Å². The van der Waals surface area contributed by atoms with Crippen molar-refractivity contribution >= 4 is 21.6 Å². The summed E-state index contributed by atoms with van der Waals surface area (Å²) in [6.07, 6.45) is 4.40. The van der Waals surface area contributed by atoms with Crippen molar-refractivity contribution in [1.29, 1.82) is 0 Å². The number of rotatable bonds is 8. The fourth-order valence-electron chi connectivity index (χ4n) is 3.48. The van der Waals surface area contributed by atoms with Gasteiger partial charge in [0.1, 0.15) is 10.6 Å². The average molecular weight is 396 g/mol. The van der Waals surface area contributed by atoms with E-state index in [-0.39, 0.29) is 28.5 Å². The zero-order valence-corrected chi connectivity index (χ0v) is 16.8. The number of sulfonamides is 1. The molecular formula is C19H29N3O4S. The van der Waals surface area contributed by atoms with Crippen LogP contribution in [0.25, 0.3) is 0 Å². The third kappa shape index (κ3) is 5.43. The second kappa shape index (κ2) is 8.58. The van der Waals surface area contributed by atoms with Crippen molar-refractivity contribution in [2.24, 2.45) is 11.8 Å². The van der Waals surface area contributed by atoms with Gasteiger partial charge in [0.15, 0.2) is 0 Å². The third-order valence-corrected chi connectivity index (χ3v) is 6.82. The van der Waals surface area contributed by atoms with Crippen LogP contribution >= 0.6 is 0 Å². The van der Waals surface area contributed by atoms with Crippen LogP contribution < -0.4 is 20.1 Å². The van der Waals surface area contributed by atoms with Crippen molar-refractivity contribution in [3.63, 3.8) is 0 Å². The number of carbonyl (C=O) groups is 1. The molecule has 1 aliphatic carbocycles. The monoisotopic (exact) mass is 395 g/mol. The summed E-state index contributed by atoms with van der Waals surface area (Å²) in [5, 5.41) is 6.21. The highest BCUT2D eigenvalue weighted by Crippen LogP contribution is 2.30. The molecule has 3 N–H and O–H groups in total. The zero-order valence-electron chi connectivity index (χ0n) is 16.0. The van der Waals surface area contributed by atoms with E-state index in [9.17, 15) is 13.2 Å². The van der Waals surface area contributed by atoms with E-state index in [2.05, 4.69) is 22.3 Å². The first kappa shape index (κ1) is 20.1. The Morgan fingerprint density at radius 2 is 2.11 bits per heavy atom. The molecule has 1 saturated carbocycles. The number of hydrogen-bond donors (Lipinski definition) is 3. The van der Waals surface area contributed by atoms with Crippen LogP contribution in [-0.4, -0.2) is 40.6 Å². The Balaban J connectivity index is 1.67. The molecule has 27 heavy (non-hydrogen) atoms. The van der Waals surface area contributed by atoms with Crippen LogP contribution in [0.15, 0.2) is 23.1 Å². The van der Waals surface area contributed by atoms with Crippen LogP contribution in [0.4, 0.5) is 5.69 Å². The Bertz CT molecular complexity index is 771. The van der Waals surface area contributed by atoms with E-state index in [1.165, 1.54) is 13.2 Å². The second-order valence-corrected chi connectivity index (χ2v) is 9.28. The first-order chi connectivity index (χ1) is 12.9. The molecule has 2 unspecified atom stereocenters. The number of nitrogens with one attached hydrogen (secondary N) is 3. The van der Waals surface area contributed by atoms with E-state index < -0.39 is 10.0 Å². The molecule has 0 bridgehead atoms. The van der Waals surface area contributed by atoms with Gasteiger partial charge in [0.05, 0.1) is 7.11 Å². The summed E-state index contributed by atoms with van der Waals surface area (Å²) in [5.74, 6) is 0.939. The van der Waals surface area contributed by atoms with Crippen LogP contribution in [0.1, 0.15) is 39.0 Å². The van der Waals surface area contributed by atoms with Gasteiger partial charge in [-0.1, -0.05) is 6.92 Å². The minimum absolute atomic E-state index is 0.00269. The molecule has 1 amide bonds. The molecule has 7 nitrogen and oxygen atoms in total. The van der Waals surface area contributed by atoms with E-state index in [1.807, 2.05) is 0 Å². The molecule has 0 aromatic heterocycles. The molecule has 1 aliphatic heterocycles. The minimum atomic E-state index is -3.67. The normalized spacial score (nSPS) is 21.5. The number of benzene rings is 1. The van der Waals surface area contributed by atoms with Crippen LogP contribution in [0, 0.1) is 11.8 Å². The summed E-state index contributed by atoms with van der Waals surface area (Å²) in [6, 6.07) is 4.71. The number of ether oxygens (including phenoxy) is 1. The molecule has 2 fully saturated rings. The van der Waals surface area contributed by atoms with E-state index in [0.717, 1.165) is 38.8 Å². The number of hydrogen-bond acceptors (Lipinski definition) is 5. The van der Waals surface area contributed by atoms with Crippen molar-refractivity contribution in [2.45, 2.75) is 50.0 Å². The summed E-state index contributed by atoms with van der Waals surface area (Å²) in [7, 11) is -2.24. The Hall–Kier alpha value is -1.64. The van der Waals surface area contributed by atoms with Gasteiger partial charge >= 0.3 is 0 Å². The molecule has 2 aliphatic rings. The van der Waals surface area contributed by atoms with Gasteiger partial charge < -0.3 is 15.4 Å². The topological polar surface area (TPSA) is 96.5 Å². The Kier molecular flexibility index (Phi) is 6.39. The maximum Gasteiger partial charge on any atom is 0.244 e. The Morgan fingerprint density at radius 3 is 2.74 bits per heavy atom. The summed E-state index contributed by atoms with van der Waals surface area (Å²) < 4.78 is 33.0. The second-order valence-electron chi connectivity index (χ2n) is 7.60. The van der Waals surface area contributed by atoms with Gasteiger partial charge in [-0.15, -0.1) is 0 Å². The molecule has 0 spiro atoms. The van der Waals surface area contributed by atoms with Crippen molar-refractivity contribution in [1.82, 2.24) is 10.0 Å². The number of amides is 1. The smallest absolute Gasteiger partial charge is 0.244 e. The number of methoxy groups -OCH3 is 1. The average Bonchev–Trinajstić information content (AvgIpc) is 3.45. The van der Waals surface area contributed by atoms with Crippen molar-refractivity contribution in [2.75, 3.05) is 25.5 Å². The molecule has 1 aromatic rings. The molecule has 3 rings (SSSR count). The molecule has 8 heteroatoms. The van der Waals surface area contributed by atoms with E-state index >= 15 is 0 Å². The van der Waals surface area contributed by atoms with Gasteiger partial charge in [-0.25, -0.2) is 13.1 Å². The molecule has 1 saturated heterocycles. The molecular weight excluding hydrogens is 366 g/mol.